The van der Waals surface area contributed by atoms with Crippen molar-refractivity contribution in [3.8, 4) is 0 Å². The number of amides is 1. The molecule has 0 aliphatic heterocycles. The molecule has 1 rings (SSSR count). The Kier molecular flexibility index (Phi) is 4.64. The zero-order chi connectivity index (χ0) is 12.0. The minimum atomic E-state index is 0.00512. The van der Waals surface area contributed by atoms with E-state index < -0.39 is 0 Å². The van der Waals surface area contributed by atoms with Crippen LogP contribution in [0.2, 0.25) is 0 Å². The number of hydrogen-bond donors (Lipinski definition) is 3. The van der Waals surface area contributed by atoms with Crippen LogP contribution < -0.4 is 16.4 Å². The molecule has 0 bridgehead atoms. The molecule has 0 aromatic heterocycles. The number of nitrogen functional groups attached to an aromatic ring is 1. The van der Waals surface area contributed by atoms with Gasteiger partial charge in [-0.1, -0.05) is 13.8 Å². The quantitative estimate of drug-likeness (QED) is 0.659. The number of carbonyl (C=O) groups is 1. The van der Waals surface area contributed by atoms with E-state index in [0.717, 1.165) is 11.4 Å². The van der Waals surface area contributed by atoms with Gasteiger partial charge in [0, 0.05) is 17.9 Å². The van der Waals surface area contributed by atoms with Crippen molar-refractivity contribution in [1.29, 1.82) is 0 Å². The maximum absolute atomic E-state index is 11.4. The lowest BCUT2D eigenvalue weighted by Crippen LogP contribution is -2.32. The number of anilines is 2. The van der Waals surface area contributed by atoms with Crippen molar-refractivity contribution in [3.63, 3.8) is 0 Å². The van der Waals surface area contributed by atoms with Gasteiger partial charge in [0.15, 0.2) is 0 Å². The highest BCUT2D eigenvalue weighted by molar-refractivity contribution is 5.80. The molecule has 0 radical (unpaired) electrons. The first-order valence-corrected chi connectivity index (χ1v) is 5.44. The Morgan fingerprint density at radius 3 is 2.50 bits per heavy atom. The maximum atomic E-state index is 11.4. The fourth-order valence-corrected chi connectivity index (χ4v) is 1.16. The van der Waals surface area contributed by atoms with Gasteiger partial charge in [0.25, 0.3) is 0 Å². The zero-order valence-electron chi connectivity index (χ0n) is 9.79. The van der Waals surface area contributed by atoms with Gasteiger partial charge < -0.3 is 16.4 Å². The van der Waals surface area contributed by atoms with Gasteiger partial charge in [0.2, 0.25) is 5.91 Å². The predicted octanol–water partition coefficient (Wildman–Crippen LogP) is 1.45. The minimum absolute atomic E-state index is 0.00512. The number of rotatable bonds is 5. The number of nitrogens with one attached hydrogen (secondary N) is 2. The fourth-order valence-electron chi connectivity index (χ4n) is 1.16. The highest BCUT2D eigenvalue weighted by Gasteiger charge is 2.01. The summed E-state index contributed by atoms with van der Waals surface area (Å²) in [5, 5.41) is 5.87. The number of carbonyl (C=O) groups excluding carboxylic acids is 1. The summed E-state index contributed by atoms with van der Waals surface area (Å²) in [7, 11) is 0. The Bertz CT molecular complexity index is 333. The van der Waals surface area contributed by atoms with Crippen molar-refractivity contribution in [1.82, 2.24) is 5.32 Å². The first-order valence-electron chi connectivity index (χ1n) is 5.44. The van der Waals surface area contributed by atoms with E-state index >= 15 is 0 Å². The summed E-state index contributed by atoms with van der Waals surface area (Å²) in [5.74, 6) is 0.478. The second-order valence-electron chi connectivity index (χ2n) is 4.17. The Morgan fingerprint density at radius 1 is 1.31 bits per heavy atom. The Balaban J connectivity index is 2.29. The van der Waals surface area contributed by atoms with Crippen molar-refractivity contribution < 1.29 is 4.79 Å². The van der Waals surface area contributed by atoms with Gasteiger partial charge in [-0.25, -0.2) is 0 Å². The molecule has 0 spiro atoms. The van der Waals surface area contributed by atoms with E-state index in [9.17, 15) is 4.79 Å². The van der Waals surface area contributed by atoms with Gasteiger partial charge >= 0.3 is 0 Å². The Labute approximate surface area is 96.2 Å². The summed E-state index contributed by atoms with van der Waals surface area (Å²) in [4.78, 5) is 11.4. The summed E-state index contributed by atoms with van der Waals surface area (Å²) in [5.41, 5.74) is 7.17. The standard InChI is InChI=1S/C12H19N3O/c1-9(2)7-15-12(16)8-14-11-5-3-10(13)4-6-11/h3-6,9,14H,7-8,13H2,1-2H3,(H,15,16). The molecule has 1 amide bonds. The molecular weight excluding hydrogens is 202 g/mol. The lowest BCUT2D eigenvalue weighted by molar-refractivity contribution is -0.119. The van der Waals surface area contributed by atoms with Crippen molar-refractivity contribution in [2.75, 3.05) is 24.1 Å². The van der Waals surface area contributed by atoms with Crippen LogP contribution in [0.1, 0.15) is 13.8 Å². The van der Waals surface area contributed by atoms with Crippen LogP contribution in [0.4, 0.5) is 11.4 Å². The van der Waals surface area contributed by atoms with Crippen LogP contribution in [0.3, 0.4) is 0 Å². The lowest BCUT2D eigenvalue weighted by Gasteiger charge is -2.09. The van der Waals surface area contributed by atoms with E-state index in [0.29, 0.717) is 12.5 Å². The molecule has 4 heteroatoms. The molecule has 88 valence electrons. The van der Waals surface area contributed by atoms with Gasteiger partial charge in [-0.2, -0.15) is 0 Å². The molecule has 16 heavy (non-hydrogen) atoms. The zero-order valence-corrected chi connectivity index (χ0v) is 9.79. The molecule has 0 saturated carbocycles. The molecule has 0 aliphatic rings. The Hall–Kier alpha value is -1.71. The average Bonchev–Trinajstić information content (AvgIpc) is 2.25. The van der Waals surface area contributed by atoms with Crippen LogP contribution in [-0.4, -0.2) is 19.0 Å². The third kappa shape index (κ3) is 4.68. The summed E-state index contributed by atoms with van der Waals surface area (Å²) in [6, 6.07) is 7.30. The summed E-state index contributed by atoms with van der Waals surface area (Å²) in [6.45, 7) is 5.13. The van der Waals surface area contributed by atoms with E-state index in [1.165, 1.54) is 0 Å². The van der Waals surface area contributed by atoms with Crippen LogP contribution in [0.15, 0.2) is 24.3 Å². The van der Waals surface area contributed by atoms with Crippen LogP contribution in [-0.2, 0) is 4.79 Å². The van der Waals surface area contributed by atoms with Gasteiger partial charge in [0.05, 0.1) is 6.54 Å². The van der Waals surface area contributed by atoms with E-state index in [1.54, 1.807) is 12.1 Å². The number of nitrogens with two attached hydrogens (primary N) is 1. The Morgan fingerprint density at radius 2 is 1.94 bits per heavy atom. The van der Waals surface area contributed by atoms with Crippen LogP contribution in [0.5, 0.6) is 0 Å². The molecule has 0 unspecified atom stereocenters. The fraction of sp³-hybridized carbons (Fsp3) is 0.417. The average molecular weight is 221 g/mol. The number of hydrogen-bond acceptors (Lipinski definition) is 3. The maximum Gasteiger partial charge on any atom is 0.239 e. The second-order valence-corrected chi connectivity index (χ2v) is 4.17. The van der Waals surface area contributed by atoms with Gasteiger partial charge in [-0.05, 0) is 30.2 Å². The first-order chi connectivity index (χ1) is 7.58. The van der Waals surface area contributed by atoms with E-state index in [1.807, 2.05) is 12.1 Å². The molecule has 4 nitrogen and oxygen atoms in total. The van der Waals surface area contributed by atoms with Crippen molar-refractivity contribution in [2.24, 2.45) is 5.92 Å². The van der Waals surface area contributed by atoms with Crippen molar-refractivity contribution >= 4 is 17.3 Å². The molecule has 1 aromatic carbocycles. The summed E-state index contributed by atoms with van der Waals surface area (Å²) in [6.07, 6.45) is 0. The van der Waals surface area contributed by atoms with Crippen LogP contribution >= 0.6 is 0 Å². The van der Waals surface area contributed by atoms with Crippen molar-refractivity contribution in [2.45, 2.75) is 13.8 Å². The molecule has 1 aromatic rings. The summed E-state index contributed by atoms with van der Waals surface area (Å²) >= 11 is 0. The van der Waals surface area contributed by atoms with Crippen molar-refractivity contribution in [3.05, 3.63) is 24.3 Å². The molecule has 0 fully saturated rings. The van der Waals surface area contributed by atoms with Gasteiger partial charge in [-0.3, -0.25) is 4.79 Å². The molecule has 4 N–H and O–H groups in total. The third-order valence-corrected chi connectivity index (χ3v) is 2.07. The SMILES string of the molecule is CC(C)CNC(=O)CNc1ccc(N)cc1. The van der Waals surface area contributed by atoms with Gasteiger partial charge in [0.1, 0.15) is 0 Å². The lowest BCUT2D eigenvalue weighted by atomic mass is 10.2. The topological polar surface area (TPSA) is 67.2 Å². The van der Waals surface area contributed by atoms with Crippen LogP contribution in [0, 0.1) is 5.92 Å². The molecule has 0 atom stereocenters. The smallest absolute Gasteiger partial charge is 0.239 e. The van der Waals surface area contributed by atoms with E-state index in [4.69, 9.17) is 5.73 Å². The van der Waals surface area contributed by atoms with Gasteiger partial charge in [-0.15, -0.1) is 0 Å². The normalized spacial score (nSPS) is 10.2. The molecule has 0 heterocycles. The van der Waals surface area contributed by atoms with E-state index in [2.05, 4.69) is 24.5 Å². The highest BCUT2D eigenvalue weighted by atomic mass is 16.1. The molecular formula is C12H19N3O. The van der Waals surface area contributed by atoms with Crippen LogP contribution in [0.25, 0.3) is 0 Å². The summed E-state index contributed by atoms with van der Waals surface area (Å²) < 4.78 is 0. The largest absolute Gasteiger partial charge is 0.399 e. The monoisotopic (exact) mass is 221 g/mol. The molecule has 0 aliphatic carbocycles. The minimum Gasteiger partial charge on any atom is -0.399 e. The second kappa shape index (κ2) is 6.00. The van der Waals surface area contributed by atoms with E-state index in [-0.39, 0.29) is 12.5 Å². The first kappa shape index (κ1) is 12.4. The molecule has 0 saturated heterocycles. The number of benzene rings is 1. The third-order valence-electron chi connectivity index (χ3n) is 2.07. The predicted molar refractivity (Wildman–Crippen MR) is 67.2 cm³/mol. The highest BCUT2D eigenvalue weighted by Crippen LogP contribution is 2.09.